The maximum Gasteiger partial charge on any atom is 0.224 e. The van der Waals surface area contributed by atoms with E-state index in [0.717, 1.165) is 13.1 Å². The molecule has 1 fully saturated rings. The van der Waals surface area contributed by atoms with E-state index in [0.29, 0.717) is 18.3 Å². The average molecular weight is 301 g/mol. The summed E-state index contributed by atoms with van der Waals surface area (Å²) in [6.07, 6.45) is 2.78. The van der Waals surface area contributed by atoms with Crippen LogP contribution in [0.5, 0.6) is 0 Å². The molecule has 1 aromatic rings. The van der Waals surface area contributed by atoms with Crippen molar-refractivity contribution < 1.29 is 9.18 Å². The molecular formula is C15H22ClFN2O. The molecule has 2 unspecified atom stereocenters. The molecule has 1 heterocycles. The Hall–Kier alpha value is -1.13. The average Bonchev–Trinajstić information content (AvgIpc) is 2.42. The monoisotopic (exact) mass is 300 g/mol. The number of amides is 1. The third-order valence-corrected chi connectivity index (χ3v) is 3.80. The minimum absolute atomic E-state index is 0. The Morgan fingerprint density at radius 1 is 1.50 bits per heavy atom. The van der Waals surface area contributed by atoms with Gasteiger partial charge < -0.3 is 10.6 Å². The molecule has 3 nitrogen and oxygen atoms in total. The van der Waals surface area contributed by atoms with Crippen LogP contribution in [0.1, 0.15) is 26.2 Å². The lowest BCUT2D eigenvalue weighted by Crippen LogP contribution is -2.34. The summed E-state index contributed by atoms with van der Waals surface area (Å²) in [5.41, 5.74) is 0.265. The van der Waals surface area contributed by atoms with E-state index < -0.39 is 0 Å². The van der Waals surface area contributed by atoms with Gasteiger partial charge in [-0.2, -0.15) is 0 Å². The lowest BCUT2D eigenvalue weighted by atomic mass is 9.85. The number of benzene rings is 1. The second-order valence-corrected chi connectivity index (χ2v) is 5.32. The second-order valence-electron chi connectivity index (χ2n) is 5.32. The van der Waals surface area contributed by atoms with Gasteiger partial charge in [-0.1, -0.05) is 19.1 Å². The smallest absolute Gasteiger partial charge is 0.224 e. The molecule has 2 atom stereocenters. The van der Waals surface area contributed by atoms with Gasteiger partial charge in [-0.3, -0.25) is 4.79 Å². The van der Waals surface area contributed by atoms with Crippen molar-refractivity contribution in [2.75, 3.05) is 18.4 Å². The molecule has 2 N–H and O–H groups in total. The first-order valence-electron chi connectivity index (χ1n) is 6.92. The third-order valence-electron chi connectivity index (χ3n) is 3.80. The van der Waals surface area contributed by atoms with Crippen LogP contribution >= 0.6 is 12.4 Å². The van der Waals surface area contributed by atoms with Crippen molar-refractivity contribution in [3.63, 3.8) is 0 Å². The van der Waals surface area contributed by atoms with E-state index in [1.807, 2.05) is 0 Å². The molecule has 0 spiro atoms. The molecule has 1 aliphatic heterocycles. The number of carbonyl (C=O) groups excluding carboxylic acids is 1. The van der Waals surface area contributed by atoms with Crippen LogP contribution in [0, 0.1) is 17.7 Å². The van der Waals surface area contributed by atoms with Gasteiger partial charge in [0.15, 0.2) is 0 Å². The Labute approximate surface area is 125 Å². The highest BCUT2D eigenvalue weighted by atomic mass is 35.5. The number of halogens is 2. The fraction of sp³-hybridized carbons (Fsp3) is 0.533. The van der Waals surface area contributed by atoms with Crippen molar-refractivity contribution in [1.29, 1.82) is 0 Å². The molecule has 1 amide bonds. The predicted molar refractivity (Wildman–Crippen MR) is 81.7 cm³/mol. The van der Waals surface area contributed by atoms with Crippen LogP contribution in [0.4, 0.5) is 10.1 Å². The predicted octanol–water partition coefficient (Wildman–Crippen LogP) is 3.21. The molecule has 0 saturated carbocycles. The zero-order valence-electron chi connectivity index (χ0n) is 11.7. The number of para-hydroxylation sites is 1. The van der Waals surface area contributed by atoms with E-state index in [2.05, 4.69) is 17.6 Å². The molecule has 2 rings (SSSR count). The number of nitrogens with one attached hydrogen (secondary N) is 2. The fourth-order valence-corrected chi connectivity index (χ4v) is 2.59. The zero-order valence-corrected chi connectivity index (χ0v) is 12.5. The van der Waals surface area contributed by atoms with Gasteiger partial charge in [-0.15, -0.1) is 12.4 Å². The van der Waals surface area contributed by atoms with Gasteiger partial charge >= 0.3 is 0 Å². The van der Waals surface area contributed by atoms with Crippen LogP contribution < -0.4 is 10.6 Å². The van der Waals surface area contributed by atoms with E-state index in [-0.39, 0.29) is 29.8 Å². The molecule has 0 radical (unpaired) electrons. The molecular weight excluding hydrogens is 279 g/mol. The summed E-state index contributed by atoms with van der Waals surface area (Å²) in [5, 5.41) is 6.00. The summed E-state index contributed by atoms with van der Waals surface area (Å²) in [6.45, 7) is 4.15. The highest BCUT2D eigenvalue weighted by Crippen LogP contribution is 2.23. The Morgan fingerprint density at radius 2 is 2.25 bits per heavy atom. The minimum Gasteiger partial charge on any atom is -0.324 e. The minimum atomic E-state index is -0.386. The number of anilines is 1. The first-order valence-corrected chi connectivity index (χ1v) is 6.92. The summed E-state index contributed by atoms with van der Waals surface area (Å²) in [6, 6.07) is 6.26. The summed E-state index contributed by atoms with van der Waals surface area (Å²) in [7, 11) is 0. The number of carbonyl (C=O) groups is 1. The van der Waals surface area contributed by atoms with Gasteiger partial charge in [0.05, 0.1) is 5.69 Å². The van der Waals surface area contributed by atoms with E-state index >= 15 is 0 Å². The normalized spacial score (nSPS) is 19.8. The van der Waals surface area contributed by atoms with Gasteiger partial charge in [-0.25, -0.2) is 4.39 Å². The highest BCUT2D eigenvalue weighted by Gasteiger charge is 2.22. The van der Waals surface area contributed by atoms with Gasteiger partial charge in [0, 0.05) is 6.42 Å². The maximum absolute atomic E-state index is 13.4. The first-order chi connectivity index (χ1) is 9.16. The van der Waals surface area contributed by atoms with Crippen molar-refractivity contribution in [2.45, 2.75) is 26.2 Å². The number of piperidine rings is 1. The van der Waals surface area contributed by atoms with Crippen molar-refractivity contribution >= 4 is 24.0 Å². The van der Waals surface area contributed by atoms with Gasteiger partial charge in [0.2, 0.25) is 5.91 Å². The number of hydrogen-bond donors (Lipinski definition) is 2. The number of rotatable bonds is 4. The Kier molecular flexibility index (Phi) is 6.96. The summed E-state index contributed by atoms with van der Waals surface area (Å²) < 4.78 is 13.4. The van der Waals surface area contributed by atoms with E-state index in [9.17, 15) is 9.18 Å². The van der Waals surface area contributed by atoms with Gasteiger partial charge in [0.1, 0.15) is 5.82 Å². The van der Waals surface area contributed by atoms with Crippen molar-refractivity contribution in [3.05, 3.63) is 30.1 Å². The standard InChI is InChI=1S/C15H21FN2O.ClH/c1-11(12-5-4-8-17-10-12)9-15(19)18-14-7-3-2-6-13(14)16;/h2-3,6-7,11-12,17H,4-5,8-10H2,1H3,(H,18,19);1H. The quantitative estimate of drug-likeness (QED) is 0.896. The second kappa shape index (κ2) is 8.22. The van der Waals surface area contributed by atoms with Crippen LogP contribution in [-0.4, -0.2) is 19.0 Å². The molecule has 0 aromatic heterocycles. The molecule has 5 heteroatoms. The van der Waals surface area contributed by atoms with Crippen LogP contribution in [-0.2, 0) is 4.79 Å². The Bertz CT molecular complexity index is 436. The first kappa shape index (κ1) is 16.9. The van der Waals surface area contributed by atoms with E-state index in [1.165, 1.54) is 18.9 Å². The van der Waals surface area contributed by atoms with Crippen LogP contribution in [0.3, 0.4) is 0 Å². The molecule has 1 saturated heterocycles. The summed E-state index contributed by atoms with van der Waals surface area (Å²) >= 11 is 0. The van der Waals surface area contributed by atoms with Crippen LogP contribution in [0.2, 0.25) is 0 Å². The molecule has 1 aliphatic rings. The van der Waals surface area contributed by atoms with E-state index in [4.69, 9.17) is 0 Å². The lowest BCUT2D eigenvalue weighted by Gasteiger charge is -2.28. The Balaban J connectivity index is 0.00000200. The molecule has 0 bridgehead atoms. The molecule has 20 heavy (non-hydrogen) atoms. The molecule has 0 aliphatic carbocycles. The number of hydrogen-bond acceptors (Lipinski definition) is 2. The summed E-state index contributed by atoms with van der Waals surface area (Å²) in [4.78, 5) is 11.9. The largest absolute Gasteiger partial charge is 0.324 e. The summed E-state index contributed by atoms with van der Waals surface area (Å²) in [5.74, 6) is 0.366. The zero-order chi connectivity index (χ0) is 13.7. The SMILES string of the molecule is CC(CC(=O)Nc1ccccc1F)C1CCCNC1.Cl. The van der Waals surface area contributed by atoms with Gasteiger partial charge in [-0.05, 0) is 49.9 Å². The van der Waals surface area contributed by atoms with Crippen molar-refractivity contribution in [3.8, 4) is 0 Å². The molecule has 1 aromatic carbocycles. The third kappa shape index (κ3) is 4.76. The molecule has 112 valence electrons. The van der Waals surface area contributed by atoms with Crippen LogP contribution in [0.15, 0.2) is 24.3 Å². The topological polar surface area (TPSA) is 41.1 Å². The van der Waals surface area contributed by atoms with E-state index in [1.54, 1.807) is 18.2 Å². The maximum atomic E-state index is 13.4. The fourth-order valence-electron chi connectivity index (χ4n) is 2.59. The highest BCUT2D eigenvalue weighted by molar-refractivity contribution is 5.90. The Morgan fingerprint density at radius 3 is 2.90 bits per heavy atom. The van der Waals surface area contributed by atoms with Crippen LogP contribution in [0.25, 0.3) is 0 Å². The lowest BCUT2D eigenvalue weighted by molar-refractivity contribution is -0.117. The van der Waals surface area contributed by atoms with Crippen molar-refractivity contribution in [2.24, 2.45) is 11.8 Å². The van der Waals surface area contributed by atoms with Crippen molar-refractivity contribution in [1.82, 2.24) is 5.32 Å². The van der Waals surface area contributed by atoms with Gasteiger partial charge in [0.25, 0.3) is 0 Å².